The van der Waals surface area contributed by atoms with Gasteiger partial charge in [0.15, 0.2) is 5.69 Å². The second-order valence-corrected chi connectivity index (χ2v) is 4.41. The van der Waals surface area contributed by atoms with Crippen LogP contribution in [0.2, 0.25) is 0 Å². The van der Waals surface area contributed by atoms with Crippen LogP contribution in [-0.2, 0) is 4.79 Å². The van der Waals surface area contributed by atoms with Crippen LogP contribution in [0.3, 0.4) is 0 Å². The number of nitrogens with zero attached hydrogens (tertiary/aromatic N) is 1. The molecular formula is C10H15N3O3S. The zero-order valence-electron chi connectivity index (χ0n) is 9.69. The molecule has 0 fully saturated rings. The highest BCUT2D eigenvalue weighted by Crippen LogP contribution is 2.17. The maximum Gasteiger partial charge on any atom is 0.355 e. The molecule has 0 aliphatic rings. The highest BCUT2D eigenvalue weighted by molar-refractivity contribution is 7.09. The summed E-state index contributed by atoms with van der Waals surface area (Å²) in [5, 5.41) is 16.4. The predicted octanol–water partition coefficient (Wildman–Crippen LogP) is 0.628. The van der Waals surface area contributed by atoms with Crippen molar-refractivity contribution in [2.45, 2.75) is 19.4 Å². The molecule has 1 amide bonds. The number of carboxylic acid groups (broad SMARTS) is 1. The Labute approximate surface area is 103 Å². The Morgan fingerprint density at radius 3 is 2.82 bits per heavy atom. The monoisotopic (exact) mass is 257 g/mol. The minimum Gasteiger partial charge on any atom is -0.476 e. The minimum atomic E-state index is -1.05. The van der Waals surface area contributed by atoms with E-state index in [4.69, 9.17) is 5.11 Å². The van der Waals surface area contributed by atoms with Gasteiger partial charge in [0.25, 0.3) is 0 Å². The Morgan fingerprint density at radius 2 is 2.29 bits per heavy atom. The van der Waals surface area contributed by atoms with Gasteiger partial charge in [-0.3, -0.25) is 4.79 Å². The molecule has 3 N–H and O–H groups in total. The van der Waals surface area contributed by atoms with E-state index in [9.17, 15) is 9.59 Å². The average molecular weight is 257 g/mol. The Morgan fingerprint density at radius 1 is 1.59 bits per heavy atom. The first kappa shape index (κ1) is 13.6. The zero-order chi connectivity index (χ0) is 12.8. The fourth-order valence-electron chi connectivity index (χ4n) is 1.20. The smallest absolute Gasteiger partial charge is 0.355 e. The molecule has 0 aromatic carbocycles. The topological polar surface area (TPSA) is 91.3 Å². The van der Waals surface area contributed by atoms with Crippen LogP contribution in [0.4, 0.5) is 0 Å². The fourth-order valence-corrected chi connectivity index (χ4v) is 2.00. The summed E-state index contributed by atoms with van der Waals surface area (Å²) in [5.74, 6) is -1.14. The van der Waals surface area contributed by atoms with Crippen molar-refractivity contribution in [3.63, 3.8) is 0 Å². The second kappa shape index (κ2) is 6.31. The van der Waals surface area contributed by atoms with Crippen molar-refractivity contribution in [3.05, 3.63) is 16.1 Å². The van der Waals surface area contributed by atoms with E-state index in [2.05, 4.69) is 15.6 Å². The lowest BCUT2D eigenvalue weighted by Crippen LogP contribution is -2.29. The Kier molecular flexibility index (Phi) is 5.05. The quantitative estimate of drug-likeness (QED) is 0.695. The summed E-state index contributed by atoms with van der Waals surface area (Å²) in [6, 6.07) is -0.266. The van der Waals surface area contributed by atoms with Gasteiger partial charge in [0.05, 0.1) is 6.04 Å². The van der Waals surface area contributed by atoms with Crippen LogP contribution in [0.1, 0.15) is 34.9 Å². The standard InChI is InChI=1S/C10H15N3O3S/c1-6(12-8(14)3-4-11-2)9-13-7(5-17-9)10(15)16/h5-6,11H,3-4H2,1-2H3,(H,12,14)(H,15,16). The van der Waals surface area contributed by atoms with E-state index >= 15 is 0 Å². The summed E-state index contributed by atoms with van der Waals surface area (Å²) < 4.78 is 0. The molecule has 0 saturated carbocycles. The molecular weight excluding hydrogens is 242 g/mol. The highest BCUT2D eigenvalue weighted by atomic mass is 32.1. The lowest BCUT2D eigenvalue weighted by molar-refractivity contribution is -0.121. The number of thiazole rings is 1. The van der Waals surface area contributed by atoms with E-state index in [0.717, 1.165) is 0 Å². The second-order valence-electron chi connectivity index (χ2n) is 3.52. The Balaban J connectivity index is 2.54. The number of carbonyl (C=O) groups excluding carboxylic acids is 1. The maximum atomic E-state index is 11.4. The van der Waals surface area contributed by atoms with Crippen LogP contribution < -0.4 is 10.6 Å². The highest BCUT2D eigenvalue weighted by Gasteiger charge is 2.15. The van der Waals surface area contributed by atoms with Crippen LogP contribution in [0.5, 0.6) is 0 Å². The molecule has 0 spiro atoms. The number of aromatic carboxylic acids is 1. The summed E-state index contributed by atoms with van der Waals surface area (Å²) in [6.45, 7) is 2.39. The molecule has 0 saturated heterocycles. The number of hydrogen-bond donors (Lipinski definition) is 3. The minimum absolute atomic E-state index is 0.0151. The van der Waals surface area contributed by atoms with Crippen molar-refractivity contribution >= 4 is 23.2 Å². The number of carboxylic acids is 1. The van der Waals surface area contributed by atoms with E-state index in [1.54, 1.807) is 14.0 Å². The lowest BCUT2D eigenvalue weighted by atomic mass is 10.3. The normalized spacial score (nSPS) is 12.1. The molecule has 0 bridgehead atoms. The molecule has 1 unspecified atom stereocenters. The van der Waals surface area contributed by atoms with E-state index in [-0.39, 0.29) is 17.6 Å². The van der Waals surface area contributed by atoms with E-state index < -0.39 is 5.97 Å². The van der Waals surface area contributed by atoms with Gasteiger partial charge in [0.1, 0.15) is 5.01 Å². The zero-order valence-corrected chi connectivity index (χ0v) is 10.5. The fraction of sp³-hybridized carbons (Fsp3) is 0.500. The first-order valence-corrected chi connectivity index (χ1v) is 6.05. The third-order valence-corrected chi connectivity index (χ3v) is 3.12. The van der Waals surface area contributed by atoms with Crippen molar-refractivity contribution in [1.82, 2.24) is 15.6 Å². The van der Waals surface area contributed by atoms with Crippen molar-refractivity contribution in [2.75, 3.05) is 13.6 Å². The van der Waals surface area contributed by atoms with Crippen molar-refractivity contribution in [1.29, 1.82) is 0 Å². The number of nitrogens with one attached hydrogen (secondary N) is 2. The van der Waals surface area contributed by atoms with Gasteiger partial charge in [-0.1, -0.05) is 0 Å². The molecule has 94 valence electrons. The average Bonchev–Trinajstić information content (AvgIpc) is 2.75. The Bertz CT molecular complexity index is 405. The Hall–Kier alpha value is -1.47. The number of amides is 1. The molecule has 17 heavy (non-hydrogen) atoms. The maximum absolute atomic E-state index is 11.4. The van der Waals surface area contributed by atoms with Crippen LogP contribution >= 0.6 is 11.3 Å². The number of carbonyl (C=O) groups is 2. The molecule has 1 heterocycles. The van der Waals surface area contributed by atoms with E-state index in [1.165, 1.54) is 16.7 Å². The first-order chi connectivity index (χ1) is 8.04. The molecule has 7 heteroatoms. The summed E-state index contributed by atoms with van der Waals surface area (Å²) in [4.78, 5) is 26.0. The van der Waals surface area contributed by atoms with Crippen molar-refractivity contribution in [3.8, 4) is 0 Å². The molecule has 1 atom stereocenters. The van der Waals surface area contributed by atoms with Crippen LogP contribution in [0, 0.1) is 0 Å². The molecule has 0 radical (unpaired) electrons. The molecule has 0 aliphatic heterocycles. The van der Waals surface area contributed by atoms with Crippen LogP contribution in [-0.4, -0.2) is 35.6 Å². The van der Waals surface area contributed by atoms with E-state index in [0.29, 0.717) is 18.0 Å². The van der Waals surface area contributed by atoms with Gasteiger partial charge >= 0.3 is 5.97 Å². The third kappa shape index (κ3) is 4.12. The van der Waals surface area contributed by atoms with Gasteiger partial charge in [-0.25, -0.2) is 9.78 Å². The third-order valence-electron chi connectivity index (χ3n) is 2.09. The largest absolute Gasteiger partial charge is 0.476 e. The molecule has 0 aliphatic carbocycles. The molecule has 1 aromatic heterocycles. The lowest BCUT2D eigenvalue weighted by Gasteiger charge is -2.10. The molecule has 1 rings (SSSR count). The molecule has 6 nitrogen and oxygen atoms in total. The number of aromatic nitrogens is 1. The van der Waals surface area contributed by atoms with Gasteiger partial charge < -0.3 is 15.7 Å². The van der Waals surface area contributed by atoms with Crippen LogP contribution in [0.15, 0.2) is 5.38 Å². The number of hydrogen-bond acceptors (Lipinski definition) is 5. The summed E-state index contributed by atoms with van der Waals surface area (Å²) in [5.41, 5.74) is 0.0151. The first-order valence-electron chi connectivity index (χ1n) is 5.17. The van der Waals surface area contributed by atoms with Crippen molar-refractivity contribution < 1.29 is 14.7 Å². The van der Waals surface area contributed by atoms with Gasteiger partial charge in [0.2, 0.25) is 5.91 Å². The van der Waals surface area contributed by atoms with Gasteiger partial charge in [-0.05, 0) is 14.0 Å². The summed E-state index contributed by atoms with van der Waals surface area (Å²) in [6.07, 6.45) is 0.387. The molecule has 1 aromatic rings. The summed E-state index contributed by atoms with van der Waals surface area (Å²) in [7, 11) is 1.77. The van der Waals surface area contributed by atoms with Gasteiger partial charge in [-0.2, -0.15) is 0 Å². The summed E-state index contributed by atoms with van der Waals surface area (Å²) >= 11 is 1.23. The SMILES string of the molecule is CNCCC(=O)NC(C)c1nc(C(=O)O)cs1. The van der Waals surface area contributed by atoms with Crippen molar-refractivity contribution in [2.24, 2.45) is 0 Å². The van der Waals surface area contributed by atoms with Gasteiger partial charge in [0, 0.05) is 18.3 Å². The van der Waals surface area contributed by atoms with E-state index in [1.807, 2.05) is 0 Å². The number of rotatable bonds is 6. The van der Waals surface area contributed by atoms with Gasteiger partial charge in [-0.15, -0.1) is 11.3 Å². The van der Waals surface area contributed by atoms with Crippen LogP contribution in [0.25, 0.3) is 0 Å². The predicted molar refractivity (Wildman–Crippen MR) is 64.2 cm³/mol.